The summed E-state index contributed by atoms with van der Waals surface area (Å²) in [6, 6.07) is 18.2. The summed E-state index contributed by atoms with van der Waals surface area (Å²) in [5.74, 6) is -0.150. The number of carbonyl (C=O) groups is 2. The average Bonchev–Trinajstić information content (AvgIpc) is 3.23. The lowest BCUT2D eigenvalue weighted by molar-refractivity contribution is -0.135. The highest BCUT2D eigenvalue weighted by Gasteiger charge is 2.38. The number of benzene rings is 2. The Morgan fingerprint density at radius 3 is 2.71 bits per heavy atom. The van der Waals surface area contributed by atoms with Gasteiger partial charge in [-0.2, -0.15) is 0 Å². The Morgan fingerprint density at radius 1 is 1.10 bits per heavy atom. The van der Waals surface area contributed by atoms with Gasteiger partial charge in [-0.3, -0.25) is 19.5 Å². The van der Waals surface area contributed by atoms with E-state index in [1.54, 1.807) is 6.20 Å². The fourth-order valence-electron chi connectivity index (χ4n) is 4.83. The fourth-order valence-corrected chi connectivity index (χ4v) is 4.83. The largest absolute Gasteiger partial charge is 0.353 e. The molecule has 0 radical (unpaired) electrons. The Morgan fingerprint density at radius 2 is 1.90 bits per heavy atom. The van der Waals surface area contributed by atoms with Gasteiger partial charge in [-0.1, -0.05) is 36.4 Å². The summed E-state index contributed by atoms with van der Waals surface area (Å²) in [6.45, 7) is 1.85. The summed E-state index contributed by atoms with van der Waals surface area (Å²) in [5, 5.41) is 6.98. The maximum atomic E-state index is 12.7. The van der Waals surface area contributed by atoms with Gasteiger partial charge in [-0.25, -0.2) is 0 Å². The standard InChI is InChI=1S/C25H26N4O2/c30-24(28-16-17-7-8-22-20(12-17)6-3-9-26-22)15-23-25(31)27-10-11-29(23)21-13-18-4-1-2-5-19(18)14-21/h1-9,12,21,23H,10-11,13-16H2,(H,27,31)(H,28,30)/t23-/m1/s1. The Bertz CT molecular complexity index is 1100. The molecular weight excluding hydrogens is 388 g/mol. The van der Waals surface area contributed by atoms with Crippen molar-refractivity contribution in [1.29, 1.82) is 0 Å². The number of carbonyl (C=O) groups excluding carboxylic acids is 2. The maximum absolute atomic E-state index is 12.7. The van der Waals surface area contributed by atoms with Crippen LogP contribution in [0.5, 0.6) is 0 Å². The molecule has 5 rings (SSSR count). The first kappa shape index (κ1) is 19.7. The first-order chi connectivity index (χ1) is 15.2. The molecule has 2 amide bonds. The van der Waals surface area contributed by atoms with Crippen molar-refractivity contribution in [3.05, 3.63) is 77.5 Å². The Balaban J connectivity index is 1.23. The monoisotopic (exact) mass is 414 g/mol. The highest BCUT2D eigenvalue weighted by atomic mass is 16.2. The van der Waals surface area contributed by atoms with Gasteiger partial charge in [0, 0.05) is 37.3 Å². The van der Waals surface area contributed by atoms with Crippen molar-refractivity contribution in [3.8, 4) is 0 Å². The van der Waals surface area contributed by atoms with Crippen LogP contribution in [0.4, 0.5) is 0 Å². The van der Waals surface area contributed by atoms with Crippen molar-refractivity contribution in [2.45, 2.75) is 37.9 Å². The summed E-state index contributed by atoms with van der Waals surface area (Å²) >= 11 is 0. The van der Waals surface area contributed by atoms with Crippen LogP contribution >= 0.6 is 0 Å². The second-order valence-electron chi connectivity index (χ2n) is 8.39. The normalized spacial score (nSPS) is 19.2. The highest BCUT2D eigenvalue weighted by molar-refractivity contribution is 5.89. The van der Waals surface area contributed by atoms with Gasteiger partial charge >= 0.3 is 0 Å². The molecular formula is C25H26N4O2. The lowest BCUT2D eigenvalue weighted by atomic mass is 10.0. The number of pyridine rings is 1. The zero-order valence-electron chi connectivity index (χ0n) is 17.4. The van der Waals surface area contributed by atoms with Crippen LogP contribution < -0.4 is 10.6 Å². The van der Waals surface area contributed by atoms with E-state index in [1.807, 2.05) is 30.3 Å². The molecule has 1 atom stereocenters. The molecule has 2 N–H and O–H groups in total. The number of aromatic nitrogens is 1. The number of fused-ring (bicyclic) bond motifs is 2. The number of amides is 2. The van der Waals surface area contributed by atoms with Crippen LogP contribution in [0.2, 0.25) is 0 Å². The molecule has 1 saturated heterocycles. The number of nitrogens with zero attached hydrogens (tertiary/aromatic N) is 2. The molecule has 1 aliphatic carbocycles. The minimum absolute atomic E-state index is 0.0471. The third-order valence-corrected chi connectivity index (χ3v) is 6.41. The van der Waals surface area contributed by atoms with Crippen molar-refractivity contribution in [3.63, 3.8) is 0 Å². The topological polar surface area (TPSA) is 74.3 Å². The molecule has 1 fully saturated rings. The summed E-state index contributed by atoms with van der Waals surface area (Å²) in [7, 11) is 0. The van der Waals surface area contributed by atoms with Gasteiger partial charge in [-0.15, -0.1) is 0 Å². The third kappa shape index (κ3) is 4.16. The van der Waals surface area contributed by atoms with Gasteiger partial charge in [0.15, 0.2) is 0 Å². The molecule has 6 nitrogen and oxygen atoms in total. The van der Waals surface area contributed by atoms with E-state index < -0.39 is 6.04 Å². The summed E-state index contributed by atoms with van der Waals surface area (Å²) in [6.07, 6.45) is 3.82. The zero-order chi connectivity index (χ0) is 21.2. The molecule has 1 aromatic heterocycles. The van der Waals surface area contributed by atoms with E-state index in [9.17, 15) is 9.59 Å². The zero-order valence-corrected chi connectivity index (χ0v) is 17.4. The van der Waals surface area contributed by atoms with Gasteiger partial charge in [0.2, 0.25) is 11.8 Å². The lowest BCUT2D eigenvalue weighted by Crippen LogP contribution is -2.59. The van der Waals surface area contributed by atoms with Crippen molar-refractivity contribution in [2.24, 2.45) is 0 Å². The van der Waals surface area contributed by atoms with E-state index in [0.29, 0.717) is 13.1 Å². The maximum Gasteiger partial charge on any atom is 0.237 e. The fraction of sp³-hybridized carbons (Fsp3) is 0.320. The predicted molar refractivity (Wildman–Crippen MR) is 119 cm³/mol. The minimum atomic E-state index is -0.422. The minimum Gasteiger partial charge on any atom is -0.353 e. The molecule has 6 heteroatoms. The lowest BCUT2D eigenvalue weighted by Gasteiger charge is -2.38. The van der Waals surface area contributed by atoms with Crippen LogP contribution in [-0.2, 0) is 29.0 Å². The summed E-state index contributed by atoms with van der Waals surface area (Å²) < 4.78 is 0. The molecule has 2 heterocycles. The number of hydrogen-bond acceptors (Lipinski definition) is 4. The first-order valence-corrected chi connectivity index (χ1v) is 10.9. The Hall–Kier alpha value is -3.25. The smallest absolute Gasteiger partial charge is 0.237 e. The highest BCUT2D eigenvalue weighted by Crippen LogP contribution is 2.28. The van der Waals surface area contributed by atoms with Gasteiger partial charge in [0.1, 0.15) is 0 Å². The van der Waals surface area contributed by atoms with Crippen LogP contribution in [0.25, 0.3) is 10.9 Å². The van der Waals surface area contributed by atoms with Crippen LogP contribution in [0, 0.1) is 0 Å². The molecule has 0 spiro atoms. The van der Waals surface area contributed by atoms with E-state index in [1.165, 1.54) is 11.1 Å². The summed E-state index contributed by atoms with van der Waals surface area (Å²) in [5.41, 5.74) is 4.66. The van der Waals surface area contributed by atoms with Crippen molar-refractivity contribution in [1.82, 2.24) is 20.5 Å². The quantitative estimate of drug-likeness (QED) is 0.671. The molecule has 31 heavy (non-hydrogen) atoms. The predicted octanol–water partition coefficient (Wildman–Crippen LogP) is 2.21. The molecule has 2 aliphatic rings. The van der Waals surface area contributed by atoms with E-state index in [0.717, 1.165) is 35.9 Å². The van der Waals surface area contributed by atoms with E-state index >= 15 is 0 Å². The van der Waals surface area contributed by atoms with E-state index in [-0.39, 0.29) is 24.3 Å². The van der Waals surface area contributed by atoms with Crippen LogP contribution in [0.3, 0.4) is 0 Å². The van der Waals surface area contributed by atoms with E-state index in [4.69, 9.17) is 0 Å². The van der Waals surface area contributed by atoms with Gasteiger partial charge < -0.3 is 10.6 Å². The van der Waals surface area contributed by atoms with Gasteiger partial charge in [0.05, 0.1) is 18.0 Å². The Labute approximate surface area is 181 Å². The van der Waals surface area contributed by atoms with Crippen molar-refractivity contribution in [2.75, 3.05) is 13.1 Å². The third-order valence-electron chi connectivity index (χ3n) is 6.41. The molecule has 3 aromatic rings. The number of rotatable bonds is 5. The number of hydrogen-bond donors (Lipinski definition) is 2. The molecule has 0 saturated carbocycles. The van der Waals surface area contributed by atoms with Crippen molar-refractivity contribution >= 4 is 22.7 Å². The van der Waals surface area contributed by atoms with Crippen LogP contribution in [0.15, 0.2) is 60.8 Å². The molecule has 158 valence electrons. The summed E-state index contributed by atoms with van der Waals surface area (Å²) in [4.78, 5) is 32.0. The van der Waals surface area contributed by atoms with Crippen LogP contribution in [0.1, 0.15) is 23.1 Å². The van der Waals surface area contributed by atoms with Gasteiger partial charge in [-0.05, 0) is 47.7 Å². The molecule has 1 aliphatic heterocycles. The average molecular weight is 415 g/mol. The van der Waals surface area contributed by atoms with Gasteiger partial charge in [0.25, 0.3) is 0 Å². The second kappa shape index (κ2) is 8.47. The number of nitrogens with one attached hydrogen (secondary N) is 2. The van der Waals surface area contributed by atoms with Crippen LogP contribution in [-0.4, -0.2) is 46.9 Å². The van der Waals surface area contributed by atoms with E-state index in [2.05, 4.69) is 44.8 Å². The first-order valence-electron chi connectivity index (χ1n) is 10.9. The molecule has 0 unspecified atom stereocenters. The van der Waals surface area contributed by atoms with Crippen molar-refractivity contribution < 1.29 is 9.59 Å². The number of piperazine rings is 1. The molecule has 0 bridgehead atoms. The molecule has 2 aromatic carbocycles. The SMILES string of the molecule is O=C(C[C@@H]1C(=O)NCCN1C1Cc2ccccc2C1)NCc1ccc2ncccc2c1. The second-order valence-corrected chi connectivity index (χ2v) is 8.39. The Kier molecular flexibility index (Phi) is 5.38.